The first-order chi connectivity index (χ1) is 30.0. The lowest BCUT2D eigenvalue weighted by atomic mass is 9.87. The molecule has 1 aliphatic carbocycles. The van der Waals surface area contributed by atoms with Crippen molar-refractivity contribution < 1.29 is 28.1 Å². The number of aromatic nitrogens is 1. The van der Waals surface area contributed by atoms with Gasteiger partial charge in [0.05, 0.1) is 25.5 Å². The highest BCUT2D eigenvalue weighted by Crippen LogP contribution is 2.54. The molecule has 324 valence electrons. The van der Waals surface area contributed by atoms with E-state index in [-0.39, 0.29) is 36.9 Å². The molecule has 4 aromatic rings. The van der Waals surface area contributed by atoms with Crippen molar-refractivity contribution in [2.24, 2.45) is 4.99 Å². The van der Waals surface area contributed by atoms with Gasteiger partial charge in [-0.3, -0.25) is 20.5 Å². The van der Waals surface area contributed by atoms with Crippen LogP contribution in [0, 0.1) is 12.7 Å². The van der Waals surface area contributed by atoms with E-state index < -0.39 is 11.8 Å². The zero-order valence-corrected chi connectivity index (χ0v) is 36.6. The normalized spacial score (nSPS) is 20.7. The summed E-state index contributed by atoms with van der Waals surface area (Å²) >= 11 is 0. The fourth-order valence-electron chi connectivity index (χ4n) is 9.12. The molecule has 0 radical (unpaired) electrons. The zero-order chi connectivity index (χ0) is 43.3. The van der Waals surface area contributed by atoms with Crippen LogP contribution in [0.4, 0.5) is 14.9 Å². The Morgan fingerprint density at radius 1 is 1.15 bits per heavy atom. The molecule has 3 saturated heterocycles. The molecule has 2 N–H and O–H groups in total. The maximum Gasteiger partial charge on any atom is 0.413 e. The van der Waals surface area contributed by atoms with E-state index in [9.17, 15) is 4.79 Å². The van der Waals surface area contributed by atoms with Gasteiger partial charge in [-0.2, -0.15) is 4.58 Å². The van der Waals surface area contributed by atoms with Crippen molar-refractivity contribution in [1.82, 2.24) is 30.0 Å². The predicted molar refractivity (Wildman–Crippen MR) is 238 cm³/mol. The van der Waals surface area contributed by atoms with Gasteiger partial charge in [-0.05, 0) is 100 Å². The number of nitrogens with zero attached hydrogens (tertiary/aromatic N) is 5. The van der Waals surface area contributed by atoms with Crippen LogP contribution in [0.3, 0.4) is 0 Å². The molecular formula is C49H57FN7O5+. The Bertz CT molecular complexity index is 2570. The van der Waals surface area contributed by atoms with Gasteiger partial charge >= 0.3 is 6.09 Å². The second-order valence-electron chi connectivity index (χ2n) is 17.4. The number of fused-ring (bicyclic) bond motifs is 3. The van der Waals surface area contributed by atoms with Crippen molar-refractivity contribution in [3.8, 4) is 22.6 Å². The highest BCUT2D eigenvalue weighted by molar-refractivity contribution is 5.93. The van der Waals surface area contributed by atoms with Gasteiger partial charge in [0.15, 0.2) is 29.3 Å². The summed E-state index contributed by atoms with van der Waals surface area (Å²) in [7, 11) is 1.76. The van der Waals surface area contributed by atoms with Crippen LogP contribution in [0.25, 0.3) is 23.0 Å². The van der Waals surface area contributed by atoms with E-state index in [1.54, 1.807) is 30.4 Å². The lowest BCUT2D eigenvalue weighted by Crippen LogP contribution is -2.54. The quantitative estimate of drug-likeness (QED) is 0.0634. The molecular weight excluding hydrogens is 786 g/mol. The van der Waals surface area contributed by atoms with Gasteiger partial charge in [-0.25, -0.2) is 14.2 Å². The summed E-state index contributed by atoms with van der Waals surface area (Å²) in [5, 5.41) is 8.40. The fraction of sp³-hybridized carbons (Fsp3) is 0.429. The summed E-state index contributed by atoms with van der Waals surface area (Å²) in [4.78, 5) is 27.3. The standard InChI is InChI=1S/C49H57FN7O5/c1-8-33-19-20-52-24-40(33)61-31(4)54-46-35(30(3)57-41-27-56(42(57)25-53-41)48(58)62-49(5,6)51-7)22-36(34-17-18-34)45(47(46)60-28-32-14-10-9-11-15-32)44-29(2)38(50)23-39-37(44)26-55(39)43-16-12-13-21-59-43/h9-11,14-15,19-20,22-24,26,34,41-43,51,53H,3,8,12-13,16-18,21,25,27-28H2,1-2,4-7H3/q+1. The minimum absolute atomic E-state index is 0.139. The number of pyridine rings is 1. The average Bonchev–Trinajstić information content (AvgIpc) is 3.95. The molecule has 1 aromatic heterocycles. The number of hydrogen-bond acceptors (Lipinski definition) is 10. The summed E-state index contributed by atoms with van der Waals surface area (Å²) in [5.74, 6) is 1.41. The van der Waals surface area contributed by atoms with Crippen molar-refractivity contribution in [3.63, 3.8) is 0 Å². The molecule has 0 spiro atoms. The Balaban J connectivity index is 1.25. The minimum atomic E-state index is -0.853. The number of benzene rings is 3. The molecule has 4 aliphatic heterocycles. The molecule has 9 rings (SSSR count). The third-order valence-electron chi connectivity index (χ3n) is 12.8. The van der Waals surface area contributed by atoms with E-state index in [4.69, 9.17) is 30.5 Å². The average molecular weight is 843 g/mol. The number of nitrogens with one attached hydrogen (secondary N) is 2. The molecule has 1 amide bonds. The highest BCUT2D eigenvalue weighted by atomic mass is 19.1. The number of carbonyl (C=O) groups excluding carboxylic acids is 1. The van der Waals surface area contributed by atoms with Crippen LogP contribution < -0.4 is 35.3 Å². The SMILES string of the molecule is C=C(c1cc(C2CC2)c(-c2c(C)c(F)cc3c2=C[N+]=3C2CCCCO2)c(OCc2ccccc2)c1N=C(C)Oc1cnccc1CC)N1C2CN(C(=O)OC(C)(C)NC)C1CN2. The summed E-state index contributed by atoms with van der Waals surface area (Å²) in [6.07, 6.45) is 10.1. The Morgan fingerprint density at radius 2 is 1.95 bits per heavy atom. The highest BCUT2D eigenvalue weighted by Gasteiger charge is 2.50. The van der Waals surface area contributed by atoms with E-state index in [2.05, 4.69) is 44.3 Å². The topological polar surface area (TPSA) is 113 Å². The summed E-state index contributed by atoms with van der Waals surface area (Å²) < 4.78 is 44.3. The Kier molecular flexibility index (Phi) is 11.4. The first-order valence-electron chi connectivity index (χ1n) is 22.0. The third kappa shape index (κ3) is 7.86. The van der Waals surface area contributed by atoms with Crippen LogP contribution in [0.1, 0.15) is 93.5 Å². The third-order valence-corrected chi connectivity index (χ3v) is 12.8. The fourth-order valence-corrected chi connectivity index (χ4v) is 9.12. The minimum Gasteiger partial charge on any atom is -0.486 e. The van der Waals surface area contributed by atoms with E-state index in [1.165, 1.54) is 0 Å². The van der Waals surface area contributed by atoms with Gasteiger partial charge in [-0.15, -0.1) is 0 Å². The molecule has 13 heteroatoms. The molecule has 3 atom stereocenters. The molecule has 62 heavy (non-hydrogen) atoms. The van der Waals surface area contributed by atoms with E-state index in [0.29, 0.717) is 54.0 Å². The first-order valence-corrected chi connectivity index (χ1v) is 22.0. The van der Waals surface area contributed by atoms with E-state index >= 15 is 4.39 Å². The van der Waals surface area contributed by atoms with Crippen LogP contribution in [0.2, 0.25) is 0 Å². The number of amides is 1. The largest absolute Gasteiger partial charge is 0.486 e. The first kappa shape index (κ1) is 41.7. The smallest absolute Gasteiger partial charge is 0.413 e. The number of rotatable bonds is 13. The molecule has 12 nitrogen and oxygen atoms in total. The maximum atomic E-state index is 16.5. The van der Waals surface area contributed by atoms with Gasteiger partial charge in [0.1, 0.15) is 29.5 Å². The maximum absolute atomic E-state index is 16.5. The van der Waals surface area contributed by atoms with Crippen molar-refractivity contribution in [3.05, 3.63) is 112 Å². The number of aryl methyl sites for hydroxylation is 1. The van der Waals surface area contributed by atoms with Gasteiger partial charge in [-0.1, -0.05) is 43.8 Å². The second kappa shape index (κ2) is 16.9. The molecule has 5 aliphatic rings. The summed E-state index contributed by atoms with van der Waals surface area (Å²) in [5.41, 5.74) is 6.21. The number of aliphatic imine (C=N–C) groups is 1. The summed E-state index contributed by atoms with van der Waals surface area (Å²) in [6.45, 7) is 16.0. The number of halogens is 1. The van der Waals surface area contributed by atoms with E-state index in [1.807, 2.05) is 64.1 Å². The number of ether oxygens (including phenoxy) is 4. The van der Waals surface area contributed by atoms with Gasteiger partial charge in [0, 0.05) is 54.5 Å². The Labute approximate surface area is 362 Å². The van der Waals surface area contributed by atoms with Crippen molar-refractivity contribution in [2.75, 3.05) is 26.7 Å². The molecule has 3 aromatic carbocycles. The van der Waals surface area contributed by atoms with Crippen LogP contribution in [-0.2, 0) is 22.5 Å². The van der Waals surface area contributed by atoms with Crippen LogP contribution in [0.15, 0.2) is 72.5 Å². The van der Waals surface area contributed by atoms with Crippen LogP contribution in [0.5, 0.6) is 11.5 Å². The number of hydrogen-bond donors (Lipinski definition) is 2. The monoisotopic (exact) mass is 842 g/mol. The van der Waals surface area contributed by atoms with Crippen molar-refractivity contribution >= 4 is 29.6 Å². The molecule has 4 fully saturated rings. The molecule has 5 heterocycles. The molecule has 2 bridgehead atoms. The summed E-state index contributed by atoms with van der Waals surface area (Å²) in [6, 6.07) is 15.8. The van der Waals surface area contributed by atoms with Crippen LogP contribution in [-0.4, -0.2) is 77.8 Å². The lowest BCUT2D eigenvalue weighted by molar-refractivity contribution is -0.00909. The Morgan fingerprint density at radius 3 is 2.68 bits per heavy atom. The zero-order valence-electron chi connectivity index (χ0n) is 36.6. The van der Waals surface area contributed by atoms with Crippen LogP contribution >= 0.6 is 0 Å². The lowest BCUT2D eigenvalue weighted by Gasteiger charge is -2.32. The Hall–Kier alpha value is -5.63. The van der Waals surface area contributed by atoms with Crippen molar-refractivity contribution in [2.45, 2.75) is 110 Å². The van der Waals surface area contributed by atoms with E-state index in [0.717, 1.165) is 82.5 Å². The predicted octanol–water partition coefficient (Wildman–Crippen LogP) is 7.05. The van der Waals surface area contributed by atoms with Gasteiger partial charge in [0.2, 0.25) is 5.36 Å². The number of piperazine rings is 1. The second-order valence-corrected chi connectivity index (χ2v) is 17.4. The van der Waals surface area contributed by atoms with Crippen molar-refractivity contribution in [1.29, 1.82) is 0 Å². The number of carbonyl (C=O) groups is 1. The molecule has 3 unspecified atom stereocenters. The van der Waals surface area contributed by atoms with Gasteiger partial charge in [0.25, 0.3) is 6.23 Å². The molecule has 1 saturated carbocycles. The van der Waals surface area contributed by atoms with Gasteiger partial charge < -0.3 is 23.8 Å².